The molecule has 5 heteroatoms. The van der Waals surface area contributed by atoms with Gasteiger partial charge in [0.15, 0.2) is 0 Å². The van der Waals surface area contributed by atoms with Crippen LogP contribution >= 0.6 is 12.4 Å². The van der Waals surface area contributed by atoms with Gasteiger partial charge in [-0.15, -0.1) is 12.4 Å². The monoisotopic (exact) mass is 311 g/mol. The standard InChI is InChI=1S/C16H25N3O.ClH/c1-3-18(2)11-14-8-9-19(12-14)16(20)15-6-4-13(10-17)5-7-15;/h4-7,14H,3,8-12,17H2,1-2H3;1H. The summed E-state index contributed by atoms with van der Waals surface area (Å²) in [4.78, 5) is 16.7. The van der Waals surface area contributed by atoms with Gasteiger partial charge in [0.25, 0.3) is 5.91 Å². The minimum absolute atomic E-state index is 0. The van der Waals surface area contributed by atoms with Gasteiger partial charge in [-0.1, -0.05) is 19.1 Å². The van der Waals surface area contributed by atoms with E-state index in [1.165, 1.54) is 0 Å². The Bertz CT molecular complexity index is 449. The molecule has 0 radical (unpaired) electrons. The van der Waals surface area contributed by atoms with Crippen molar-refractivity contribution in [1.82, 2.24) is 9.80 Å². The lowest BCUT2D eigenvalue weighted by molar-refractivity contribution is 0.0784. The van der Waals surface area contributed by atoms with Crippen molar-refractivity contribution >= 4 is 18.3 Å². The fourth-order valence-corrected chi connectivity index (χ4v) is 2.70. The molecule has 21 heavy (non-hydrogen) atoms. The molecule has 1 saturated heterocycles. The summed E-state index contributed by atoms with van der Waals surface area (Å²) in [6.07, 6.45) is 1.11. The molecule has 0 aliphatic carbocycles. The van der Waals surface area contributed by atoms with Gasteiger partial charge in [-0.2, -0.15) is 0 Å². The summed E-state index contributed by atoms with van der Waals surface area (Å²) in [6, 6.07) is 7.64. The first kappa shape index (κ1) is 18.0. The van der Waals surface area contributed by atoms with Crippen LogP contribution in [0.4, 0.5) is 0 Å². The summed E-state index contributed by atoms with van der Waals surface area (Å²) < 4.78 is 0. The van der Waals surface area contributed by atoms with E-state index in [0.29, 0.717) is 12.5 Å². The van der Waals surface area contributed by atoms with Crippen molar-refractivity contribution in [2.24, 2.45) is 11.7 Å². The molecular formula is C16H26ClN3O. The molecule has 0 bridgehead atoms. The Kier molecular flexibility index (Phi) is 7.15. The third-order valence-corrected chi connectivity index (χ3v) is 4.12. The number of benzene rings is 1. The van der Waals surface area contributed by atoms with Crippen molar-refractivity contribution in [2.75, 3.05) is 33.2 Å². The van der Waals surface area contributed by atoms with E-state index in [1.807, 2.05) is 29.2 Å². The Labute approximate surface area is 133 Å². The maximum absolute atomic E-state index is 12.4. The highest BCUT2D eigenvalue weighted by Crippen LogP contribution is 2.19. The van der Waals surface area contributed by atoms with Gasteiger partial charge in [0.1, 0.15) is 0 Å². The Hall–Kier alpha value is -1.10. The lowest BCUT2D eigenvalue weighted by Gasteiger charge is -2.20. The topological polar surface area (TPSA) is 49.6 Å². The number of likely N-dealkylation sites (tertiary alicyclic amines) is 1. The highest BCUT2D eigenvalue weighted by Gasteiger charge is 2.27. The van der Waals surface area contributed by atoms with E-state index in [9.17, 15) is 4.79 Å². The van der Waals surface area contributed by atoms with E-state index in [4.69, 9.17) is 5.73 Å². The van der Waals surface area contributed by atoms with Gasteiger partial charge in [-0.3, -0.25) is 4.79 Å². The summed E-state index contributed by atoms with van der Waals surface area (Å²) >= 11 is 0. The normalized spacial score (nSPS) is 17.9. The summed E-state index contributed by atoms with van der Waals surface area (Å²) in [7, 11) is 2.13. The Morgan fingerprint density at radius 2 is 2.05 bits per heavy atom. The van der Waals surface area contributed by atoms with Crippen LogP contribution in [0.25, 0.3) is 0 Å². The van der Waals surface area contributed by atoms with E-state index in [-0.39, 0.29) is 18.3 Å². The fraction of sp³-hybridized carbons (Fsp3) is 0.562. The number of carbonyl (C=O) groups is 1. The third-order valence-electron chi connectivity index (χ3n) is 4.12. The second-order valence-corrected chi connectivity index (χ2v) is 5.66. The SMILES string of the molecule is CCN(C)CC1CCN(C(=O)c2ccc(CN)cc2)C1.Cl. The van der Waals surface area contributed by atoms with Crippen LogP contribution in [0.2, 0.25) is 0 Å². The summed E-state index contributed by atoms with van der Waals surface area (Å²) in [5.74, 6) is 0.752. The minimum atomic E-state index is 0. The Balaban J connectivity index is 0.00000220. The van der Waals surface area contributed by atoms with Gasteiger partial charge in [-0.05, 0) is 43.6 Å². The van der Waals surface area contributed by atoms with Crippen molar-refractivity contribution in [3.8, 4) is 0 Å². The van der Waals surface area contributed by atoms with Crippen LogP contribution in [0.5, 0.6) is 0 Å². The van der Waals surface area contributed by atoms with Crippen molar-refractivity contribution in [1.29, 1.82) is 0 Å². The van der Waals surface area contributed by atoms with Gasteiger partial charge < -0.3 is 15.5 Å². The van der Waals surface area contributed by atoms with Crippen molar-refractivity contribution in [3.05, 3.63) is 35.4 Å². The minimum Gasteiger partial charge on any atom is -0.338 e. The second kappa shape index (κ2) is 8.37. The van der Waals surface area contributed by atoms with Crippen molar-refractivity contribution < 1.29 is 4.79 Å². The zero-order chi connectivity index (χ0) is 14.5. The Morgan fingerprint density at radius 1 is 1.38 bits per heavy atom. The van der Waals surface area contributed by atoms with Crippen LogP contribution in [0.3, 0.4) is 0 Å². The Morgan fingerprint density at radius 3 is 2.62 bits per heavy atom. The van der Waals surface area contributed by atoms with Crippen molar-refractivity contribution in [2.45, 2.75) is 19.9 Å². The summed E-state index contributed by atoms with van der Waals surface area (Å²) in [5, 5.41) is 0. The molecule has 2 rings (SSSR count). The lowest BCUT2D eigenvalue weighted by Crippen LogP contribution is -2.31. The summed E-state index contributed by atoms with van der Waals surface area (Å²) in [5.41, 5.74) is 7.41. The number of nitrogens with two attached hydrogens (primary N) is 1. The molecule has 1 atom stereocenters. The summed E-state index contributed by atoms with van der Waals surface area (Å²) in [6.45, 7) is 6.57. The molecule has 4 nitrogen and oxygen atoms in total. The first-order chi connectivity index (χ1) is 9.63. The zero-order valence-electron chi connectivity index (χ0n) is 12.9. The molecule has 1 aromatic rings. The highest BCUT2D eigenvalue weighted by molar-refractivity contribution is 5.94. The van der Waals surface area contributed by atoms with Crippen LogP contribution in [0, 0.1) is 5.92 Å². The van der Waals surface area contributed by atoms with Crippen LogP contribution in [0.1, 0.15) is 29.3 Å². The lowest BCUT2D eigenvalue weighted by atomic mass is 10.1. The third kappa shape index (κ3) is 4.70. The van der Waals surface area contributed by atoms with E-state index >= 15 is 0 Å². The molecule has 2 N–H and O–H groups in total. The van der Waals surface area contributed by atoms with Crippen LogP contribution in [0.15, 0.2) is 24.3 Å². The number of amides is 1. The van der Waals surface area contributed by atoms with Crippen LogP contribution in [-0.4, -0.2) is 48.9 Å². The zero-order valence-corrected chi connectivity index (χ0v) is 13.7. The maximum Gasteiger partial charge on any atom is 0.253 e. The van der Waals surface area contributed by atoms with E-state index in [0.717, 1.165) is 43.7 Å². The van der Waals surface area contributed by atoms with Gasteiger partial charge in [0, 0.05) is 31.7 Å². The molecule has 1 amide bonds. The molecule has 1 aliphatic rings. The predicted octanol–water partition coefficient (Wildman–Crippen LogP) is 1.98. The molecule has 1 aliphatic heterocycles. The molecular weight excluding hydrogens is 286 g/mol. The van der Waals surface area contributed by atoms with E-state index < -0.39 is 0 Å². The quantitative estimate of drug-likeness (QED) is 0.904. The number of hydrogen-bond acceptors (Lipinski definition) is 3. The fourth-order valence-electron chi connectivity index (χ4n) is 2.70. The molecule has 0 spiro atoms. The molecule has 1 fully saturated rings. The number of carbonyl (C=O) groups excluding carboxylic acids is 1. The smallest absolute Gasteiger partial charge is 0.253 e. The maximum atomic E-state index is 12.4. The number of rotatable bonds is 5. The van der Waals surface area contributed by atoms with Gasteiger partial charge in [-0.25, -0.2) is 0 Å². The van der Waals surface area contributed by atoms with Gasteiger partial charge in [0.2, 0.25) is 0 Å². The average Bonchev–Trinajstić information content (AvgIpc) is 2.95. The second-order valence-electron chi connectivity index (χ2n) is 5.66. The molecule has 1 aromatic carbocycles. The average molecular weight is 312 g/mol. The van der Waals surface area contributed by atoms with Crippen molar-refractivity contribution in [3.63, 3.8) is 0 Å². The number of nitrogens with zero attached hydrogens (tertiary/aromatic N) is 2. The van der Waals surface area contributed by atoms with E-state index in [2.05, 4.69) is 18.9 Å². The number of hydrogen-bond donors (Lipinski definition) is 1. The van der Waals surface area contributed by atoms with Gasteiger partial charge >= 0.3 is 0 Å². The molecule has 0 aromatic heterocycles. The molecule has 118 valence electrons. The van der Waals surface area contributed by atoms with Crippen LogP contribution < -0.4 is 5.73 Å². The van der Waals surface area contributed by atoms with Gasteiger partial charge in [0.05, 0.1) is 0 Å². The predicted molar refractivity (Wildman–Crippen MR) is 88.8 cm³/mol. The first-order valence-electron chi connectivity index (χ1n) is 7.40. The molecule has 0 saturated carbocycles. The highest BCUT2D eigenvalue weighted by atomic mass is 35.5. The van der Waals surface area contributed by atoms with E-state index in [1.54, 1.807) is 0 Å². The largest absolute Gasteiger partial charge is 0.338 e. The van der Waals surface area contributed by atoms with Crippen LogP contribution in [-0.2, 0) is 6.54 Å². The number of halogens is 1. The first-order valence-corrected chi connectivity index (χ1v) is 7.40. The molecule has 1 unspecified atom stereocenters. The molecule has 1 heterocycles.